The van der Waals surface area contributed by atoms with E-state index in [0.29, 0.717) is 0 Å². The van der Waals surface area contributed by atoms with Gasteiger partial charge in [-0.2, -0.15) is 4.42 Å². The van der Waals surface area contributed by atoms with Crippen molar-refractivity contribution in [2.75, 3.05) is 0 Å². The number of carbonyl (C=O) groups is 1. The highest BCUT2D eigenvalue weighted by Crippen LogP contribution is 1.94. The first kappa shape index (κ1) is 7.48. The lowest BCUT2D eigenvalue weighted by atomic mass is 10.9. The van der Waals surface area contributed by atoms with Crippen molar-refractivity contribution in [1.82, 2.24) is 4.42 Å². The van der Waals surface area contributed by atoms with Crippen molar-refractivity contribution in [3.8, 4) is 0 Å². The van der Waals surface area contributed by atoms with Crippen LogP contribution >= 0.6 is 11.8 Å². The first-order valence-electron chi connectivity index (χ1n) is 1.66. The fourth-order valence-electron chi connectivity index (χ4n) is 0.114. The summed E-state index contributed by atoms with van der Waals surface area (Å²) in [5.74, 6) is 0. The molecule has 0 heterocycles. The quantitative estimate of drug-likeness (QED) is 0.316. The average molecular weight is 141 g/mol. The van der Waals surface area contributed by atoms with E-state index in [2.05, 4.69) is 5.73 Å². The molecule has 0 atom stereocenters. The van der Waals surface area contributed by atoms with E-state index in [1.807, 2.05) is 0 Å². The predicted molar refractivity (Wildman–Crippen MR) is 25.5 cm³/mol. The highest BCUT2D eigenvalue weighted by atomic mass is 35.5. The topological polar surface area (TPSA) is 86.8 Å². The van der Waals surface area contributed by atoms with Crippen LogP contribution in [-0.4, -0.2) is 27.1 Å². The molecular formula is C2H5ClN2O3. The second-order valence-corrected chi connectivity index (χ2v) is 1.36. The lowest BCUT2D eigenvalue weighted by molar-refractivity contribution is -0.0989. The van der Waals surface area contributed by atoms with Gasteiger partial charge >= 0.3 is 6.03 Å². The van der Waals surface area contributed by atoms with Gasteiger partial charge in [-0.25, -0.2) is 4.79 Å². The molecule has 0 bridgehead atoms. The van der Waals surface area contributed by atoms with Crippen molar-refractivity contribution in [2.24, 2.45) is 5.73 Å². The summed E-state index contributed by atoms with van der Waals surface area (Å²) in [5, 5.41) is 16.1. The van der Waals surface area contributed by atoms with Crippen molar-refractivity contribution in [3.63, 3.8) is 0 Å². The largest absolute Gasteiger partial charge is 0.350 e. The Morgan fingerprint density at radius 1 is 1.75 bits per heavy atom. The maximum absolute atomic E-state index is 9.84. The van der Waals surface area contributed by atoms with Crippen molar-refractivity contribution >= 4 is 17.8 Å². The first-order chi connectivity index (χ1) is 3.55. The van der Waals surface area contributed by atoms with E-state index < -0.39 is 12.4 Å². The minimum absolute atomic E-state index is 0.0556. The Morgan fingerprint density at radius 3 is 2.12 bits per heavy atom. The third kappa shape index (κ3) is 1.97. The lowest BCUT2D eigenvalue weighted by Crippen LogP contribution is -2.36. The van der Waals surface area contributed by atoms with Crippen LogP contribution in [0.25, 0.3) is 0 Å². The molecule has 0 saturated carbocycles. The lowest BCUT2D eigenvalue weighted by Gasteiger charge is -2.10. The summed E-state index contributed by atoms with van der Waals surface area (Å²) in [7, 11) is 0. The van der Waals surface area contributed by atoms with Gasteiger partial charge in [-0.1, -0.05) is 0 Å². The van der Waals surface area contributed by atoms with E-state index in [1.165, 1.54) is 0 Å². The fourth-order valence-corrected chi connectivity index (χ4v) is 0.114. The van der Waals surface area contributed by atoms with Crippen molar-refractivity contribution in [2.45, 2.75) is 6.41 Å². The molecular weight excluding hydrogens is 135 g/mol. The van der Waals surface area contributed by atoms with Crippen LogP contribution in [0.2, 0.25) is 0 Å². The van der Waals surface area contributed by atoms with E-state index >= 15 is 0 Å². The molecule has 0 aliphatic rings. The number of hydrogen-bond donors (Lipinski definition) is 3. The number of carbonyl (C=O) groups excluding carboxylic acids is 1. The predicted octanol–water partition coefficient (Wildman–Crippen LogP) is -1.21. The van der Waals surface area contributed by atoms with Gasteiger partial charge < -0.3 is 15.9 Å². The smallest absolute Gasteiger partial charge is 0.333 e. The summed E-state index contributed by atoms with van der Waals surface area (Å²) in [6.45, 7) is 0. The number of aliphatic hydroxyl groups is 2. The van der Waals surface area contributed by atoms with Crippen LogP contribution in [0, 0.1) is 0 Å². The van der Waals surface area contributed by atoms with Gasteiger partial charge in [-0.05, 0) is 0 Å². The molecule has 2 amide bonds. The van der Waals surface area contributed by atoms with Gasteiger partial charge in [0, 0.05) is 11.8 Å². The minimum atomic E-state index is -2.03. The zero-order valence-corrected chi connectivity index (χ0v) is 4.54. The van der Waals surface area contributed by atoms with Crippen LogP contribution in [0.3, 0.4) is 0 Å². The number of nitrogens with zero attached hydrogens (tertiary/aromatic N) is 1. The molecule has 48 valence electrons. The number of urea groups is 1. The number of hydrogen-bond acceptors (Lipinski definition) is 3. The average Bonchev–Trinajstić information content (AvgIpc) is 1.64. The first-order valence-corrected chi connectivity index (χ1v) is 2.00. The monoisotopic (exact) mass is 140 g/mol. The molecule has 0 saturated heterocycles. The molecule has 0 aromatic heterocycles. The van der Waals surface area contributed by atoms with Crippen LogP contribution in [0.1, 0.15) is 0 Å². The Labute approximate surface area is 50.4 Å². The molecule has 5 nitrogen and oxygen atoms in total. The number of rotatable bonds is 1. The molecule has 0 radical (unpaired) electrons. The van der Waals surface area contributed by atoms with Crippen LogP contribution in [0.4, 0.5) is 4.79 Å². The molecule has 8 heavy (non-hydrogen) atoms. The third-order valence-electron chi connectivity index (χ3n) is 0.413. The highest BCUT2D eigenvalue weighted by molar-refractivity contribution is 6.20. The number of aliphatic hydroxyl groups excluding tert-OH is 1. The Hall–Kier alpha value is -0.520. The third-order valence-corrected chi connectivity index (χ3v) is 0.754. The zero-order valence-electron chi connectivity index (χ0n) is 3.78. The number of nitrogens with two attached hydrogens (primary N) is 1. The summed E-state index contributed by atoms with van der Waals surface area (Å²) in [5.41, 5.74) is 4.47. The molecule has 0 aromatic carbocycles. The van der Waals surface area contributed by atoms with Crippen molar-refractivity contribution < 1.29 is 15.0 Å². The van der Waals surface area contributed by atoms with Crippen molar-refractivity contribution in [1.29, 1.82) is 0 Å². The second-order valence-electron chi connectivity index (χ2n) is 0.996. The number of amides is 2. The number of halogens is 1. The maximum atomic E-state index is 9.84. The zero-order chi connectivity index (χ0) is 6.73. The van der Waals surface area contributed by atoms with E-state index in [1.54, 1.807) is 0 Å². The summed E-state index contributed by atoms with van der Waals surface area (Å²) in [6.07, 6.45) is -2.03. The van der Waals surface area contributed by atoms with Gasteiger partial charge in [0.25, 0.3) is 6.41 Å². The molecule has 0 rings (SSSR count). The van der Waals surface area contributed by atoms with Crippen LogP contribution in [-0.2, 0) is 0 Å². The van der Waals surface area contributed by atoms with E-state index in [0.717, 1.165) is 0 Å². The second kappa shape index (κ2) is 2.71. The molecule has 0 spiro atoms. The number of primary amides is 1. The summed E-state index contributed by atoms with van der Waals surface area (Å²) < 4.78 is 0.0556. The molecule has 0 unspecified atom stereocenters. The van der Waals surface area contributed by atoms with Gasteiger partial charge in [-0.15, -0.1) is 0 Å². The molecule has 0 fully saturated rings. The molecule has 0 aliphatic heterocycles. The SMILES string of the molecule is NC(=O)N(Cl)C(O)O. The normalized spacial score (nSPS) is 9.50. The van der Waals surface area contributed by atoms with Gasteiger partial charge in [0.1, 0.15) is 0 Å². The molecule has 0 aliphatic carbocycles. The Morgan fingerprint density at radius 2 is 2.12 bits per heavy atom. The van der Waals surface area contributed by atoms with E-state index in [-0.39, 0.29) is 4.42 Å². The molecule has 6 heteroatoms. The van der Waals surface area contributed by atoms with Crippen LogP contribution in [0.5, 0.6) is 0 Å². The Kier molecular flexibility index (Phi) is 2.53. The Bertz CT molecular complexity index is 95.3. The van der Waals surface area contributed by atoms with E-state index in [9.17, 15) is 4.79 Å². The molecule has 0 aromatic rings. The fraction of sp³-hybridized carbons (Fsp3) is 0.500. The minimum Gasteiger partial charge on any atom is -0.350 e. The maximum Gasteiger partial charge on any atom is 0.333 e. The summed E-state index contributed by atoms with van der Waals surface area (Å²) >= 11 is 4.81. The summed E-state index contributed by atoms with van der Waals surface area (Å²) in [4.78, 5) is 9.84. The highest BCUT2D eigenvalue weighted by Gasteiger charge is 2.12. The Balaban J connectivity index is 3.64. The van der Waals surface area contributed by atoms with Gasteiger partial charge in [0.15, 0.2) is 0 Å². The van der Waals surface area contributed by atoms with Gasteiger partial charge in [0.05, 0.1) is 0 Å². The van der Waals surface area contributed by atoms with Crippen LogP contribution in [0.15, 0.2) is 0 Å². The van der Waals surface area contributed by atoms with Gasteiger partial charge in [0.2, 0.25) is 0 Å². The van der Waals surface area contributed by atoms with Crippen molar-refractivity contribution in [3.05, 3.63) is 0 Å². The van der Waals surface area contributed by atoms with Gasteiger partial charge in [-0.3, -0.25) is 0 Å². The molecule has 4 N–H and O–H groups in total. The summed E-state index contributed by atoms with van der Waals surface area (Å²) in [6, 6.07) is -1.11. The van der Waals surface area contributed by atoms with E-state index in [4.69, 9.17) is 22.0 Å². The standard InChI is InChI=1S/C2H5ClN2O3/c3-5(1(4)6)2(7)8/h2,7-8H,(H2,4,6). The van der Waals surface area contributed by atoms with Crippen LogP contribution < -0.4 is 5.73 Å².